The van der Waals surface area contributed by atoms with Crippen LogP contribution in [0.1, 0.15) is 88.3 Å². The largest absolute Gasteiger partial charge is 0.393 e. The summed E-state index contributed by atoms with van der Waals surface area (Å²) in [5.41, 5.74) is 1.79. The molecule has 14 heteroatoms. The maximum atomic E-state index is 14.0. The Hall–Kier alpha value is -5.41. The molecule has 11 atom stereocenters. The second-order valence-electron chi connectivity index (χ2n) is 18.7. The van der Waals surface area contributed by atoms with Crippen LogP contribution < -0.4 is 10.6 Å². The molecule has 4 N–H and O–H groups in total. The fraction of sp³-hybridized carbons (Fsp3) is 0.490. The highest BCUT2D eigenvalue weighted by Crippen LogP contribution is 2.70. The van der Waals surface area contributed by atoms with Crippen molar-refractivity contribution in [2.45, 2.75) is 109 Å². The predicted molar refractivity (Wildman–Crippen MR) is 227 cm³/mol. The number of aliphatic hydroxyl groups is 2. The second kappa shape index (κ2) is 16.9. The van der Waals surface area contributed by atoms with Crippen molar-refractivity contribution in [3.8, 4) is 0 Å². The minimum atomic E-state index is -1.44. The molecule has 0 spiro atoms. The summed E-state index contributed by atoms with van der Waals surface area (Å²) in [6.07, 6.45) is 8.14. The Morgan fingerprint density at radius 1 is 0.921 bits per heavy atom. The molecule has 2 aliphatic heterocycles. The Balaban J connectivity index is 0.869. The van der Waals surface area contributed by atoms with E-state index in [0.29, 0.717) is 19.3 Å². The molecule has 6 aliphatic rings. The van der Waals surface area contributed by atoms with Crippen molar-refractivity contribution in [2.75, 3.05) is 13.2 Å². The van der Waals surface area contributed by atoms with E-state index in [-0.39, 0.29) is 48.7 Å². The van der Waals surface area contributed by atoms with Crippen molar-refractivity contribution in [3.05, 3.63) is 107 Å². The molecule has 4 amide bonds. The molecule has 332 valence electrons. The molecule has 4 aliphatic carbocycles. The van der Waals surface area contributed by atoms with Crippen molar-refractivity contribution < 1.29 is 53.2 Å². The summed E-state index contributed by atoms with van der Waals surface area (Å²) in [4.78, 5) is 89.0. The van der Waals surface area contributed by atoms with Gasteiger partial charge in [-0.1, -0.05) is 74.0 Å². The molecule has 0 aromatic heterocycles. The first-order valence-corrected chi connectivity index (χ1v) is 21.9. The highest BCUT2D eigenvalue weighted by Gasteiger charge is 2.76. The third-order valence-corrected chi connectivity index (χ3v) is 14.9. The summed E-state index contributed by atoms with van der Waals surface area (Å²) in [6, 6.07) is 13.6. The number of nitrogens with one attached hydrogen (secondary N) is 2. The van der Waals surface area contributed by atoms with E-state index in [1.54, 1.807) is 19.1 Å². The second-order valence-corrected chi connectivity index (χ2v) is 18.7. The van der Waals surface area contributed by atoms with E-state index in [2.05, 4.69) is 17.6 Å². The van der Waals surface area contributed by atoms with Crippen LogP contribution in [0.25, 0.3) is 0 Å². The van der Waals surface area contributed by atoms with Crippen LogP contribution in [0.4, 0.5) is 0 Å². The topological polar surface area (TPSA) is 206 Å². The zero-order valence-electron chi connectivity index (χ0n) is 36.0. The normalized spacial score (nSPS) is 32.6. The van der Waals surface area contributed by atoms with Crippen molar-refractivity contribution in [2.24, 2.45) is 28.6 Å². The standard InChI is InChI=1S/C49H55N3O11/c1-27(51-45(61)28(2)50-41(58)17-19-52-42(59)14-15-43(52)60)37(55)22-31-7-5-6-30(21-31)20-29-8-10-32(11-9-29)46-62-40-24-36-35-13-12-33-23-34(54)16-18-47(33,3)44(35)38(56)25-48(36,4)49(40,63-46)39(57)26-53/h5-11,14-16,18,21,23,27-28,35-36,38,40,44,46,53,56H,12-13,17,19-20,22,24-26H2,1-4H3,(H,50,58)(H,51,61)/t27-,28-,35-,36-,38-,40+,44+,46+,47-,48-,49+/m0/s1. The van der Waals surface area contributed by atoms with E-state index in [9.17, 15) is 43.8 Å². The number of hydrogen-bond donors (Lipinski definition) is 4. The number of carbonyl (C=O) groups is 7. The van der Waals surface area contributed by atoms with Crippen LogP contribution in [0.3, 0.4) is 0 Å². The molecule has 2 aromatic carbocycles. The van der Waals surface area contributed by atoms with Crippen LogP contribution in [0, 0.1) is 28.6 Å². The van der Waals surface area contributed by atoms with E-state index < -0.39 is 83.0 Å². The molecule has 1 saturated heterocycles. The zero-order chi connectivity index (χ0) is 45.0. The van der Waals surface area contributed by atoms with Gasteiger partial charge < -0.3 is 30.3 Å². The number of imide groups is 1. The summed E-state index contributed by atoms with van der Waals surface area (Å²) in [6.45, 7) is 6.37. The molecule has 2 aromatic rings. The Morgan fingerprint density at radius 2 is 1.63 bits per heavy atom. The molecule has 63 heavy (non-hydrogen) atoms. The Morgan fingerprint density at radius 3 is 2.35 bits per heavy atom. The van der Waals surface area contributed by atoms with E-state index in [4.69, 9.17) is 9.47 Å². The molecule has 8 rings (SSSR count). The molecule has 3 saturated carbocycles. The SMILES string of the molecule is C[C@H](NC(=O)[C@H](C)NC(=O)CCN1C(=O)C=CC1=O)C(=O)Cc1cccc(Cc2ccc([C@@H]3O[C@@H]4C[C@H]5[C@@H]6CCC7=CC(=O)C=C[C@]7(C)[C@H]6[C@@H](O)C[C@]5(C)[C@]4(C(=O)CO)O3)cc2)c1. The lowest BCUT2D eigenvalue weighted by molar-refractivity contribution is -0.201. The first-order valence-electron chi connectivity index (χ1n) is 21.9. The van der Waals surface area contributed by atoms with E-state index in [0.717, 1.165) is 57.7 Å². The number of fused-ring (bicyclic) bond motifs is 7. The summed E-state index contributed by atoms with van der Waals surface area (Å²) in [5, 5.41) is 27.5. The molecule has 14 nitrogen and oxygen atoms in total. The van der Waals surface area contributed by atoms with Crippen LogP contribution in [-0.4, -0.2) is 99.1 Å². The van der Waals surface area contributed by atoms with Crippen LogP contribution in [0.5, 0.6) is 0 Å². The number of rotatable bonds is 14. The fourth-order valence-electron chi connectivity index (χ4n) is 11.7. The highest BCUT2D eigenvalue weighted by molar-refractivity contribution is 6.13. The van der Waals surface area contributed by atoms with Gasteiger partial charge >= 0.3 is 0 Å². The van der Waals surface area contributed by atoms with Gasteiger partial charge in [-0.3, -0.25) is 38.5 Å². The van der Waals surface area contributed by atoms with Crippen LogP contribution in [0.15, 0.2) is 84.5 Å². The number of nitrogens with zero attached hydrogens (tertiary/aromatic N) is 1. The van der Waals surface area contributed by atoms with Gasteiger partial charge in [0.1, 0.15) is 12.6 Å². The number of amides is 4. The van der Waals surface area contributed by atoms with Crippen molar-refractivity contribution in [1.29, 1.82) is 0 Å². The van der Waals surface area contributed by atoms with Crippen molar-refractivity contribution in [1.82, 2.24) is 15.5 Å². The van der Waals surface area contributed by atoms with Gasteiger partial charge in [0, 0.05) is 53.8 Å². The molecule has 0 unspecified atom stereocenters. The number of hydrogen-bond acceptors (Lipinski definition) is 11. The lowest BCUT2D eigenvalue weighted by Gasteiger charge is -2.59. The number of Topliss-reactive ketones (excluding diaryl/α,β-unsaturated/α-hetero) is 2. The summed E-state index contributed by atoms with van der Waals surface area (Å²) in [5.74, 6) is -2.81. The number of ether oxygens (including phenoxy) is 2. The summed E-state index contributed by atoms with van der Waals surface area (Å²) < 4.78 is 13.4. The molecule has 4 fully saturated rings. The first-order chi connectivity index (χ1) is 30.0. The molecular formula is C49H55N3O11. The number of allylic oxidation sites excluding steroid dienone is 4. The first kappa shape index (κ1) is 44.2. The fourth-order valence-corrected chi connectivity index (χ4v) is 11.7. The Kier molecular flexibility index (Phi) is 11.9. The summed E-state index contributed by atoms with van der Waals surface area (Å²) in [7, 11) is 0. The maximum Gasteiger partial charge on any atom is 0.253 e. The minimum Gasteiger partial charge on any atom is -0.393 e. The van der Waals surface area contributed by atoms with E-state index in [1.165, 1.54) is 6.92 Å². The van der Waals surface area contributed by atoms with Gasteiger partial charge in [0.2, 0.25) is 11.8 Å². The monoisotopic (exact) mass is 861 g/mol. The van der Waals surface area contributed by atoms with Gasteiger partial charge in [0.05, 0.1) is 18.2 Å². The summed E-state index contributed by atoms with van der Waals surface area (Å²) >= 11 is 0. The Bertz CT molecular complexity index is 2320. The lowest BCUT2D eigenvalue weighted by atomic mass is 9.46. The molecule has 0 bridgehead atoms. The predicted octanol–water partition coefficient (Wildman–Crippen LogP) is 3.32. The average molecular weight is 862 g/mol. The zero-order valence-corrected chi connectivity index (χ0v) is 36.0. The van der Waals surface area contributed by atoms with E-state index in [1.807, 2.05) is 61.5 Å². The maximum absolute atomic E-state index is 14.0. The quantitative estimate of drug-likeness (QED) is 0.203. The van der Waals surface area contributed by atoms with E-state index >= 15 is 0 Å². The lowest BCUT2D eigenvalue weighted by Crippen LogP contribution is -2.63. The Labute approximate surface area is 366 Å². The molecule has 0 radical (unpaired) electrons. The number of benzene rings is 2. The van der Waals surface area contributed by atoms with Crippen LogP contribution in [0.2, 0.25) is 0 Å². The number of ketones is 3. The third-order valence-electron chi connectivity index (χ3n) is 14.9. The van der Waals surface area contributed by atoms with Gasteiger partial charge in [-0.15, -0.1) is 0 Å². The van der Waals surface area contributed by atoms with Crippen LogP contribution in [-0.2, 0) is 55.9 Å². The highest BCUT2D eigenvalue weighted by atomic mass is 16.7. The van der Waals surface area contributed by atoms with Gasteiger partial charge in [-0.25, -0.2) is 0 Å². The molecular weight excluding hydrogens is 807 g/mol. The minimum absolute atomic E-state index is 0.00553. The van der Waals surface area contributed by atoms with Crippen molar-refractivity contribution >= 4 is 41.0 Å². The van der Waals surface area contributed by atoms with Crippen molar-refractivity contribution in [3.63, 3.8) is 0 Å². The van der Waals surface area contributed by atoms with Gasteiger partial charge in [0.25, 0.3) is 11.8 Å². The number of aliphatic hydroxyl groups excluding tert-OH is 2. The average Bonchev–Trinajstić information content (AvgIpc) is 3.87. The van der Waals surface area contributed by atoms with Crippen LogP contribution >= 0.6 is 0 Å². The molecule has 2 heterocycles. The van der Waals surface area contributed by atoms with Gasteiger partial charge in [-0.05, 0) is 86.6 Å². The third kappa shape index (κ3) is 7.85. The number of carbonyl (C=O) groups excluding carboxylic acids is 7. The van der Waals surface area contributed by atoms with Gasteiger partial charge in [0.15, 0.2) is 29.2 Å². The van der Waals surface area contributed by atoms with Gasteiger partial charge in [-0.2, -0.15) is 0 Å². The smallest absolute Gasteiger partial charge is 0.253 e.